The number of hydrogen-bond acceptors (Lipinski definition) is 9. The fraction of sp³-hybridized carbons (Fsp3) is 0.500. The maximum atomic E-state index is 13.2. The van der Waals surface area contributed by atoms with Crippen molar-refractivity contribution >= 4 is 29.6 Å². The molecule has 14 heteroatoms. The van der Waals surface area contributed by atoms with Gasteiger partial charge >= 0.3 is 5.97 Å². The molecule has 0 heterocycles. The number of benzene rings is 1. The fourth-order valence-electron chi connectivity index (χ4n) is 3.10. The highest BCUT2D eigenvalue weighted by Crippen LogP contribution is 2.12. The van der Waals surface area contributed by atoms with Gasteiger partial charge in [0.1, 0.15) is 30.4 Å². The number of carboxylic acid groups (broad SMARTS) is 1. The summed E-state index contributed by atoms with van der Waals surface area (Å²) in [5.74, 6) is 6.59. The van der Waals surface area contributed by atoms with Crippen LogP contribution in [0.2, 0.25) is 0 Å². The number of phenols is 1. The number of carbonyl (C=O) groups excluding carboxylic acids is 4. The van der Waals surface area contributed by atoms with E-state index in [4.69, 9.17) is 16.8 Å². The molecule has 1 aromatic rings. The van der Waals surface area contributed by atoms with E-state index < -0.39 is 54.3 Å². The van der Waals surface area contributed by atoms with Crippen molar-refractivity contribution in [2.45, 2.75) is 51.7 Å². The van der Waals surface area contributed by atoms with Gasteiger partial charge in [-0.25, -0.2) is 5.84 Å². The van der Waals surface area contributed by atoms with Crippen LogP contribution in [-0.2, 0) is 30.4 Å². The summed E-state index contributed by atoms with van der Waals surface area (Å²) in [5.41, 5.74) is 2.71. The van der Waals surface area contributed by atoms with Crippen LogP contribution in [-0.4, -0.2) is 76.0 Å². The molecule has 4 amide bonds. The molecule has 0 aliphatic heterocycles. The van der Waals surface area contributed by atoms with Crippen LogP contribution in [0.3, 0.4) is 0 Å². The Labute approximate surface area is 208 Å². The second kappa shape index (κ2) is 14.6. The molecular formula is C22H35N7O7. The van der Waals surface area contributed by atoms with Gasteiger partial charge in [-0.1, -0.05) is 26.0 Å². The number of hydrogen-bond donors (Lipinski definition) is 8. The molecule has 200 valence electrons. The van der Waals surface area contributed by atoms with Crippen LogP contribution in [0.15, 0.2) is 24.3 Å². The summed E-state index contributed by atoms with van der Waals surface area (Å²) in [6.45, 7) is 4.08. The third kappa shape index (κ3) is 10.7. The van der Waals surface area contributed by atoms with Gasteiger partial charge < -0.3 is 26.2 Å². The molecular weight excluding hydrogens is 474 g/mol. The van der Waals surface area contributed by atoms with E-state index in [1.54, 1.807) is 12.1 Å². The van der Waals surface area contributed by atoms with Crippen LogP contribution in [0.25, 0.3) is 0 Å². The van der Waals surface area contributed by atoms with E-state index in [9.17, 15) is 29.1 Å². The molecule has 0 spiro atoms. The third-order valence-corrected chi connectivity index (χ3v) is 4.98. The molecule has 14 nitrogen and oxygen atoms in total. The van der Waals surface area contributed by atoms with Gasteiger partial charge in [0, 0.05) is 6.42 Å². The normalized spacial score (nSPS) is 13.3. The van der Waals surface area contributed by atoms with Gasteiger partial charge in [0.05, 0.1) is 6.54 Å². The molecule has 0 saturated carbocycles. The van der Waals surface area contributed by atoms with E-state index in [-0.39, 0.29) is 31.1 Å². The number of phenolic OH excluding ortho intramolecular Hbond substituents is 1. The minimum atomic E-state index is -1.24. The monoisotopic (exact) mass is 509 g/mol. The molecule has 0 radical (unpaired) electrons. The zero-order chi connectivity index (χ0) is 27.4. The van der Waals surface area contributed by atoms with Gasteiger partial charge in [-0.15, -0.1) is 0 Å². The lowest BCUT2D eigenvalue weighted by Gasteiger charge is -2.25. The summed E-state index contributed by atoms with van der Waals surface area (Å²) < 4.78 is 0. The molecule has 10 N–H and O–H groups in total. The van der Waals surface area contributed by atoms with Crippen LogP contribution in [0.1, 0.15) is 32.8 Å². The summed E-state index contributed by atoms with van der Waals surface area (Å²) >= 11 is 0. The van der Waals surface area contributed by atoms with E-state index in [1.165, 1.54) is 19.1 Å². The molecule has 0 aromatic heterocycles. The Kier molecular flexibility index (Phi) is 12.3. The maximum absolute atomic E-state index is 13.2. The zero-order valence-electron chi connectivity index (χ0n) is 20.5. The zero-order valence-corrected chi connectivity index (χ0v) is 20.5. The van der Waals surface area contributed by atoms with Gasteiger partial charge in [0.25, 0.3) is 5.91 Å². The molecule has 0 aliphatic rings. The van der Waals surface area contributed by atoms with E-state index in [0.717, 1.165) is 0 Å². The molecule has 0 unspecified atom stereocenters. The molecule has 1 rings (SSSR count). The minimum Gasteiger partial charge on any atom is -0.508 e. The minimum absolute atomic E-state index is 0.0100. The number of carbonyl (C=O) groups is 5. The second-order valence-corrected chi connectivity index (χ2v) is 8.65. The number of rotatable bonds is 14. The highest BCUT2D eigenvalue weighted by Gasteiger charge is 2.29. The van der Waals surface area contributed by atoms with Crippen LogP contribution in [0.5, 0.6) is 5.75 Å². The highest BCUT2D eigenvalue weighted by atomic mass is 16.4. The first-order valence-corrected chi connectivity index (χ1v) is 11.2. The second-order valence-electron chi connectivity index (χ2n) is 8.65. The lowest BCUT2D eigenvalue weighted by atomic mass is 10.0. The number of nitrogens with two attached hydrogens (primary N) is 2. The van der Waals surface area contributed by atoms with Crippen molar-refractivity contribution < 1.29 is 34.2 Å². The van der Waals surface area contributed by atoms with Crippen LogP contribution < -0.4 is 33.1 Å². The summed E-state index contributed by atoms with van der Waals surface area (Å²) in [6.07, 6.45) is 0.198. The predicted molar refractivity (Wildman–Crippen MR) is 128 cm³/mol. The Morgan fingerprint density at radius 3 is 2.06 bits per heavy atom. The number of nitrogens with one attached hydrogen (secondary N) is 4. The maximum Gasteiger partial charge on any atom is 0.325 e. The van der Waals surface area contributed by atoms with E-state index in [1.807, 2.05) is 13.8 Å². The average molecular weight is 510 g/mol. The lowest BCUT2D eigenvalue weighted by molar-refractivity contribution is -0.142. The summed E-state index contributed by atoms with van der Waals surface area (Å²) in [4.78, 5) is 61.3. The first kappa shape index (κ1) is 30.3. The van der Waals surface area contributed by atoms with Crippen molar-refractivity contribution in [2.24, 2.45) is 17.6 Å². The predicted octanol–water partition coefficient (Wildman–Crippen LogP) is -2.29. The first-order valence-electron chi connectivity index (χ1n) is 11.2. The van der Waals surface area contributed by atoms with Crippen molar-refractivity contribution in [1.29, 1.82) is 0 Å². The SMILES string of the molecule is CC(C)C[C@H](NC(=O)[C@H](Cc1ccc(O)cc1)NC(=O)CN(N)C(=O)CNN)C(=O)N[C@@H](C)C(=O)O. The van der Waals surface area contributed by atoms with Crippen molar-refractivity contribution in [1.82, 2.24) is 26.4 Å². The Hall–Kier alpha value is -3.75. The van der Waals surface area contributed by atoms with E-state index in [2.05, 4.69) is 21.4 Å². The first-order chi connectivity index (χ1) is 16.8. The van der Waals surface area contributed by atoms with Crippen molar-refractivity contribution in [3.8, 4) is 5.75 Å². The smallest absolute Gasteiger partial charge is 0.325 e. The number of nitrogens with zero attached hydrogens (tertiary/aromatic N) is 1. The van der Waals surface area contributed by atoms with E-state index >= 15 is 0 Å². The fourth-order valence-corrected chi connectivity index (χ4v) is 3.10. The van der Waals surface area contributed by atoms with Crippen LogP contribution in [0.4, 0.5) is 0 Å². The standard InChI is InChI=1S/C22H35N7O7/c1-12(2)8-16(20(33)26-13(3)22(35)36)28-21(34)17(9-14-4-6-15(30)7-5-14)27-18(31)11-29(24)19(32)10-25-23/h4-7,12-13,16-17,25,30H,8-11,23-24H2,1-3H3,(H,26,33)(H,27,31)(H,28,34)(H,35,36)/t13-,16-,17-/m0/s1. The molecule has 36 heavy (non-hydrogen) atoms. The number of aromatic hydroxyl groups is 1. The summed E-state index contributed by atoms with van der Waals surface area (Å²) in [7, 11) is 0. The van der Waals surface area contributed by atoms with E-state index in [0.29, 0.717) is 10.6 Å². The largest absolute Gasteiger partial charge is 0.508 e. The number of carboxylic acids is 1. The van der Waals surface area contributed by atoms with Crippen molar-refractivity contribution in [3.63, 3.8) is 0 Å². The molecule has 3 atom stereocenters. The van der Waals surface area contributed by atoms with Crippen LogP contribution >= 0.6 is 0 Å². The number of aliphatic carboxylic acids is 1. The molecule has 0 saturated heterocycles. The Morgan fingerprint density at radius 2 is 1.53 bits per heavy atom. The molecule has 0 fully saturated rings. The van der Waals surface area contributed by atoms with Gasteiger partial charge in [0.2, 0.25) is 17.7 Å². The number of hydrazine groups is 2. The van der Waals surface area contributed by atoms with Gasteiger partial charge in [-0.3, -0.25) is 40.3 Å². The molecule has 1 aromatic carbocycles. The summed E-state index contributed by atoms with van der Waals surface area (Å²) in [5, 5.41) is 26.6. The topological polar surface area (TPSA) is 229 Å². The molecule has 0 aliphatic carbocycles. The van der Waals surface area contributed by atoms with Gasteiger partial charge in [-0.05, 0) is 37.0 Å². The number of amides is 4. The quantitative estimate of drug-likeness (QED) is 0.0759. The Balaban J connectivity index is 3.07. The molecule has 0 bridgehead atoms. The van der Waals surface area contributed by atoms with Crippen molar-refractivity contribution in [3.05, 3.63) is 29.8 Å². The highest BCUT2D eigenvalue weighted by molar-refractivity contribution is 5.94. The summed E-state index contributed by atoms with van der Waals surface area (Å²) in [6, 6.07) is 2.51. The van der Waals surface area contributed by atoms with Gasteiger partial charge in [0.15, 0.2) is 0 Å². The lowest BCUT2D eigenvalue weighted by Crippen LogP contribution is -2.57. The average Bonchev–Trinajstić information content (AvgIpc) is 2.79. The Morgan fingerprint density at radius 1 is 0.944 bits per heavy atom. The Bertz CT molecular complexity index is 924. The van der Waals surface area contributed by atoms with Crippen LogP contribution in [0, 0.1) is 5.92 Å². The van der Waals surface area contributed by atoms with Crippen molar-refractivity contribution in [2.75, 3.05) is 13.1 Å². The third-order valence-electron chi connectivity index (χ3n) is 4.98. The van der Waals surface area contributed by atoms with Gasteiger partial charge in [-0.2, -0.15) is 0 Å².